The summed E-state index contributed by atoms with van der Waals surface area (Å²) in [5.74, 6) is 0.531. The molecule has 0 saturated carbocycles. The number of anilines is 1. The first-order valence-electron chi connectivity index (χ1n) is 4.00. The van der Waals surface area contributed by atoms with E-state index in [-0.39, 0.29) is 40.7 Å². The summed E-state index contributed by atoms with van der Waals surface area (Å²) in [4.78, 5) is 0.0992. The Labute approximate surface area is 115 Å². The van der Waals surface area contributed by atoms with Crippen LogP contribution in [0, 0.1) is 0 Å². The predicted octanol–water partition coefficient (Wildman–Crippen LogP) is -1.92. The summed E-state index contributed by atoms with van der Waals surface area (Å²) >= 11 is 4.35. The molecule has 0 aromatic heterocycles. The zero-order chi connectivity index (χ0) is 10.3. The summed E-state index contributed by atoms with van der Waals surface area (Å²) in [7, 11) is -3.57. The Balaban J connectivity index is 0.00000112. The van der Waals surface area contributed by atoms with Crippen LogP contribution in [0.5, 0.6) is 5.75 Å². The molecule has 1 N–H and O–H groups in total. The first-order chi connectivity index (χ1) is 6.47. The smallest absolute Gasteiger partial charge is 0.644 e. The third kappa shape index (κ3) is 2.82. The van der Waals surface area contributed by atoms with Crippen LogP contribution in [0.15, 0.2) is 23.1 Å². The van der Waals surface area contributed by atoms with Crippen LogP contribution in [-0.4, -0.2) is 14.6 Å². The number of nitrogens with one attached hydrogen (secondary N) is 1. The van der Waals surface area contributed by atoms with Crippen molar-refractivity contribution in [2.45, 2.75) is 18.0 Å². The summed E-state index contributed by atoms with van der Waals surface area (Å²) in [6.45, 7) is 1.84. The molecule has 0 spiro atoms. The molecular formula is C8H8NNaO3S2. The number of benzene rings is 1. The molecule has 1 aromatic rings. The van der Waals surface area contributed by atoms with Gasteiger partial charge in [-0.25, -0.2) is 8.42 Å². The maximum Gasteiger partial charge on any atom is 1.00 e. The summed E-state index contributed by atoms with van der Waals surface area (Å²) in [5.41, 5.74) is 0.792. The molecular weight excluding hydrogens is 245 g/mol. The van der Waals surface area contributed by atoms with Crippen molar-refractivity contribution in [2.75, 3.05) is 5.32 Å². The van der Waals surface area contributed by atoms with Crippen molar-refractivity contribution in [3.05, 3.63) is 18.2 Å². The average molecular weight is 253 g/mol. The maximum atomic E-state index is 11.1. The first-order valence-corrected chi connectivity index (χ1v) is 6.41. The van der Waals surface area contributed by atoms with Crippen LogP contribution in [0.1, 0.15) is 6.92 Å². The SMILES string of the molecule is CC1Nc2ccc(S(=O)(=O)[S-])cc2O1.[Na+]. The molecule has 2 rings (SSSR count). The Bertz CT molecular complexity index is 475. The minimum absolute atomic E-state index is 0. The Morgan fingerprint density at radius 2 is 2.13 bits per heavy atom. The molecule has 15 heavy (non-hydrogen) atoms. The summed E-state index contributed by atoms with van der Waals surface area (Å²) < 4.78 is 27.4. The van der Waals surface area contributed by atoms with Gasteiger partial charge in [-0.1, -0.05) is 0 Å². The standard InChI is InChI=1S/C8H9NO3S2.Na/c1-5-9-7-3-2-6(14(10,11)13)4-8(7)12-5;/h2-5,9H,1H3,(H,10,11,13);/q;+1/p-1. The normalized spacial score (nSPS) is 18.4. The minimum Gasteiger partial charge on any atom is -0.644 e. The maximum absolute atomic E-state index is 11.1. The van der Waals surface area contributed by atoms with Crippen LogP contribution < -0.4 is 39.6 Å². The van der Waals surface area contributed by atoms with E-state index in [2.05, 4.69) is 17.0 Å². The summed E-state index contributed by atoms with van der Waals surface area (Å²) in [6.07, 6.45) is -0.131. The van der Waals surface area contributed by atoms with E-state index in [0.29, 0.717) is 5.75 Å². The van der Waals surface area contributed by atoms with Gasteiger partial charge in [-0.05, 0) is 25.1 Å². The van der Waals surface area contributed by atoms with Crippen LogP contribution in [0.2, 0.25) is 0 Å². The minimum atomic E-state index is -3.57. The van der Waals surface area contributed by atoms with Gasteiger partial charge in [0.1, 0.15) is 5.75 Å². The van der Waals surface area contributed by atoms with Gasteiger partial charge in [-0.3, -0.25) is 0 Å². The van der Waals surface area contributed by atoms with Gasteiger partial charge in [-0.15, -0.1) is 0 Å². The zero-order valence-corrected chi connectivity index (χ0v) is 12.0. The van der Waals surface area contributed by atoms with Crippen molar-refractivity contribution in [1.29, 1.82) is 0 Å². The largest absolute Gasteiger partial charge is 1.00 e. The van der Waals surface area contributed by atoms with Gasteiger partial charge in [0.15, 0.2) is 6.23 Å². The molecule has 0 fully saturated rings. The van der Waals surface area contributed by atoms with Gasteiger partial charge in [0.25, 0.3) is 0 Å². The fourth-order valence-corrected chi connectivity index (χ4v) is 2.11. The quantitative estimate of drug-likeness (QED) is 0.359. The number of fused-ring (bicyclic) bond motifs is 1. The van der Waals surface area contributed by atoms with E-state index in [1.807, 2.05) is 6.92 Å². The van der Waals surface area contributed by atoms with E-state index in [9.17, 15) is 8.42 Å². The topological polar surface area (TPSA) is 55.4 Å². The van der Waals surface area contributed by atoms with Gasteiger partial charge in [0.05, 0.1) is 14.6 Å². The molecule has 1 atom stereocenters. The van der Waals surface area contributed by atoms with Gasteiger partial charge >= 0.3 is 29.6 Å². The van der Waals surface area contributed by atoms with Crippen LogP contribution in [0.3, 0.4) is 0 Å². The van der Waals surface area contributed by atoms with Gasteiger partial charge in [-0.2, -0.15) is 0 Å². The van der Waals surface area contributed by atoms with E-state index in [0.717, 1.165) is 5.69 Å². The van der Waals surface area contributed by atoms with Crippen molar-refractivity contribution in [2.24, 2.45) is 0 Å². The molecule has 0 aliphatic carbocycles. The molecule has 1 unspecified atom stereocenters. The third-order valence-electron chi connectivity index (χ3n) is 1.90. The van der Waals surface area contributed by atoms with Crippen LogP contribution >= 0.6 is 0 Å². The van der Waals surface area contributed by atoms with E-state index >= 15 is 0 Å². The Kier molecular flexibility index (Phi) is 4.00. The van der Waals surface area contributed by atoms with Crippen molar-refractivity contribution >= 4 is 26.2 Å². The number of hydrogen-bond acceptors (Lipinski definition) is 5. The second-order valence-corrected chi connectivity index (χ2v) is 5.71. The fraction of sp³-hybridized carbons (Fsp3) is 0.250. The molecule has 1 aromatic carbocycles. The number of ether oxygens (including phenoxy) is 1. The molecule has 0 radical (unpaired) electrons. The van der Waals surface area contributed by atoms with Crippen LogP contribution in [0.4, 0.5) is 5.69 Å². The molecule has 0 bridgehead atoms. The Morgan fingerprint density at radius 3 is 2.73 bits per heavy atom. The first kappa shape index (κ1) is 13.2. The molecule has 4 nitrogen and oxygen atoms in total. The monoisotopic (exact) mass is 253 g/mol. The van der Waals surface area contributed by atoms with Crippen LogP contribution in [-0.2, 0) is 20.5 Å². The third-order valence-corrected chi connectivity index (χ3v) is 3.31. The molecule has 1 heterocycles. The van der Waals surface area contributed by atoms with Crippen molar-refractivity contribution < 1.29 is 42.7 Å². The van der Waals surface area contributed by atoms with Gasteiger partial charge in [0, 0.05) is 4.90 Å². The van der Waals surface area contributed by atoms with Gasteiger partial charge < -0.3 is 21.7 Å². The second-order valence-electron chi connectivity index (χ2n) is 3.02. The molecule has 0 amide bonds. The summed E-state index contributed by atoms with van der Waals surface area (Å²) in [5, 5.41) is 3.02. The number of rotatable bonds is 1. The molecule has 1 aliphatic heterocycles. The van der Waals surface area contributed by atoms with Crippen molar-refractivity contribution in [3.63, 3.8) is 0 Å². The fourth-order valence-electron chi connectivity index (χ4n) is 1.31. The van der Waals surface area contributed by atoms with E-state index < -0.39 is 8.87 Å². The molecule has 7 heteroatoms. The van der Waals surface area contributed by atoms with Crippen LogP contribution in [0.25, 0.3) is 0 Å². The van der Waals surface area contributed by atoms with E-state index in [1.165, 1.54) is 12.1 Å². The summed E-state index contributed by atoms with van der Waals surface area (Å²) in [6, 6.07) is 4.56. The molecule has 1 aliphatic rings. The van der Waals surface area contributed by atoms with Crippen molar-refractivity contribution in [3.8, 4) is 5.75 Å². The Hall–Kier alpha value is 0.120. The Morgan fingerprint density at radius 1 is 1.47 bits per heavy atom. The van der Waals surface area contributed by atoms with E-state index in [1.54, 1.807) is 6.07 Å². The zero-order valence-electron chi connectivity index (χ0n) is 8.35. The molecule has 0 saturated heterocycles. The average Bonchev–Trinajstić information content (AvgIpc) is 2.41. The molecule has 76 valence electrons. The van der Waals surface area contributed by atoms with Gasteiger partial charge in [0.2, 0.25) is 0 Å². The number of hydrogen-bond donors (Lipinski definition) is 1. The second kappa shape index (κ2) is 4.55. The van der Waals surface area contributed by atoms with E-state index in [4.69, 9.17) is 4.74 Å². The predicted molar refractivity (Wildman–Crippen MR) is 54.7 cm³/mol. The van der Waals surface area contributed by atoms with Crippen molar-refractivity contribution in [1.82, 2.24) is 0 Å².